The number of rotatable bonds is 1. The molecule has 1 nitrogen and oxygen atoms in total. The molecule has 1 heteroatoms. The standard InChI is InChI=1S/C15H16O/c1-5-14(16)13-9-7-6-8-12(13)10-11-15(2,3)4/h1,6-9,14,16H,2-4H3. The second-order valence-electron chi connectivity index (χ2n) is 4.66. The van der Waals surface area contributed by atoms with E-state index in [1.165, 1.54) is 0 Å². The maximum atomic E-state index is 9.64. The summed E-state index contributed by atoms with van der Waals surface area (Å²) in [6.45, 7) is 6.13. The topological polar surface area (TPSA) is 20.2 Å². The SMILES string of the molecule is C#CC(O)c1ccccc1C#CC(C)(C)C. The molecule has 0 saturated carbocycles. The lowest BCUT2D eigenvalue weighted by Crippen LogP contribution is -2.01. The van der Waals surface area contributed by atoms with Crippen LogP contribution in [0.5, 0.6) is 0 Å². The van der Waals surface area contributed by atoms with Crippen molar-refractivity contribution in [3.05, 3.63) is 35.4 Å². The predicted molar refractivity (Wildman–Crippen MR) is 66.6 cm³/mol. The Morgan fingerprint density at radius 2 is 1.88 bits per heavy atom. The maximum Gasteiger partial charge on any atom is 0.141 e. The van der Waals surface area contributed by atoms with Crippen molar-refractivity contribution >= 4 is 0 Å². The molecule has 1 N–H and O–H groups in total. The highest BCUT2D eigenvalue weighted by atomic mass is 16.3. The van der Waals surface area contributed by atoms with Gasteiger partial charge >= 0.3 is 0 Å². The number of aliphatic hydroxyl groups is 1. The van der Waals surface area contributed by atoms with Crippen molar-refractivity contribution in [3.8, 4) is 24.2 Å². The van der Waals surface area contributed by atoms with Gasteiger partial charge in [-0.1, -0.05) is 36.0 Å². The molecule has 1 atom stereocenters. The van der Waals surface area contributed by atoms with E-state index in [2.05, 4.69) is 17.8 Å². The van der Waals surface area contributed by atoms with Crippen LogP contribution in [-0.2, 0) is 0 Å². The van der Waals surface area contributed by atoms with Gasteiger partial charge in [0, 0.05) is 16.5 Å². The van der Waals surface area contributed by atoms with Crippen LogP contribution >= 0.6 is 0 Å². The van der Waals surface area contributed by atoms with Crippen LogP contribution in [-0.4, -0.2) is 5.11 Å². The van der Waals surface area contributed by atoms with Gasteiger partial charge in [-0.05, 0) is 26.8 Å². The summed E-state index contributed by atoms with van der Waals surface area (Å²) in [5.41, 5.74) is 1.43. The van der Waals surface area contributed by atoms with Crippen LogP contribution in [0.3, 0.4) is 0 Å². The van der Waals surface area contributed by atoms with Gasteiger partial charge in [0.25, 0.3) is 0 Å². The minimum Gasteiger partial charge on any atom is -0.376 e. The lowest BCUT2D eigenvalue weighted by Gasteiger charge is -2.09. The molecule has 16 heavy (non-hydrogen) atoms. The molecule has 1 aromatic rings. The summed E-state index contributed by atoms with van der Waals surface area (Å²) in [5, 5.41) is 9.64. The second kappa shape index (κ2) is 4.88. The van der Waals surface area contributed by atoms with Crippen molar-refractivity contribution in [1.82, 2.24) is 0 Å². The average molecular weight is 212 g/mol. The molecule has 1 aromatic carbocycles. The molecule has 0 spiro atoms. The number of terminal acetylenes is 1. The van der Waals surface area contributed by atoms with E-state index >= 15 is 0 Å². The molecule has 0 aliphatic carbocycles. The van der Waals surface area contributed by atoms with Gasteiger partial charge in [-0.3, -0.25) is 0 Å². The fourth-order valence-corrected chi connectivity index (χ4v) is 1.19. The van der Waals surface area contributed by atoms with Gasteiger partial charge in [0.2, 0.25) is 0 Å². The molecule has 0 amide bonds. The highest BCUT2D eigenvalue weighted by Crippen LogP contribution is 2.17. The summed E-state index contributed by atoms with van der Waals surface area (Å²) in [5.74, 6) is 8.50. The average Bonchev–Trinajstić information content (AvgIpc) is 2.25. The van der Waals surface area contributed by atoms with Crippen molar-refractivity contribution in [2.45, 2.75) is 26.9 Å². The minimum absolute atomic E-state index is 0.0613. The monoisotopic (exact) mass is 212 g/mol. The summed E-state index contributed by atoms with van der Waals surface area (Å²) < 4.78 is 0. The van der Waals surface area contributed by atoms with Gasteiger partial charge in [0.05, 0.1) is 0 Å². The van der Waals surface area contributed by atoms with Gasteiger partial charge in [-0.15, -0.1) is 6.42 Å². The summed E-state index contributed by atoms with van der Waals surface area (Å²) in [6, 6.07) is 7.41. The third-order valence-corrected chi connectivity index (χ3v) is 1.99. The summed E-state index contributed by atoms with van der Waals surface area (Å²) in [7, 11) is 0. The zero-order valence-electron chi connectivity index (χ0n) is 9.91. The van der Waals surface area contributed by atoms with Crippen LogP contribution in [0.15, 0.2) is 24.3 Å². The molecule has 0 radical (unpaired) electrons. The van der Waals surface area contributed by atoms with Gasteiger partial charge in [-0.25, -0.2) is 0 Å². The van der Waals surface area contributed by atoms with Crippen LogP contribution in [0, 0.1) is 29.6 Å². The Hall–Kier alpha value is -1.70. The molecular weight excluding hydrogens is 196 g/mol. The molecule has 1 unspecified atom stereocenters. The fourth-order valence-electron chi connectivity index (χ4n) is 1.19. The minimum atomic E-state index is -0.884. The first-order valence-corrected chi connectivity index (χ1v) is 5.20. The van der Waals surface area contributed by atoms with Crippen LogP contribution in [0.2, 0.25) is 0 Å². The lowest BCUT2D eigenvalue weighted by atomic mass is 9.96. The Bertz CT molecular complexity index is 461. The Kier molecular flexibility index (Phi) is 3.78. The quantitative estimate of drug-likeness (QED) is 0.710. The van der Waals surface area contributed by atoms with Gasteiger partial charge in [-0.2, -0.15) is 0 Å². The Labute approximate surface area is 97.5 Å². The van der Waals surface area contributed by atoms with Crippen molar-refractivity contribution in [3.63, 3.8) is 0 Å². The smallest absolute Gasteiger partial charge is 0.141 e. The van der Waals surface area contributed by atoms with E-state index in [9.17, 15) is 5.11 Å². The predicted octanol–water partition coefficient (Wildman–Crippen LogP) is 2.75. The van der Waals surface area contributed by atoms with E-state index in [0.717, 1.165) is 5.56 Å². The molecule has 0 aliphatic rings. The summed E-state index contributed by atoms with van der Waals surface area (Å²) >= 11 is 0. The van der Waals surface area contributed by atoms with E-state index in [-0.39, 0.29) is 5.41 Å². The maximum absolute atomic E-state index is 9.64. The molecule has 82 valence electrons. The number of aliphatic hydroxyl groups excluding tert-OH is 1. The first kappa shape index (κ1) is 12.4. The van der Waals surface area contributed by atoms with Crippen LogP contribution in [0.1, 0.15) is 38.0 Å². The van der Waals surface area contributed by atoms with Crippen LogP contribution < -0.4 is 0 Å². The van der Waals surface area contributed by atoms with Crippen molar-refractivity contribution in [2.75, 3.05) is 0 Å². The molecular formula is C15H16O. The van der Waals surface area contributed by atoms with E-state index < -0.39 is 6.10 Å². The molecule has 1 rings (SSSR count). The molecule has 0 heterocycles. The normalized spacial score (nSPS) is 12.2. The Morgan fingerprint density at radius 3 is 2.44 bits per heavy atom. The lowest BCUT2D eigenvalue weighted by molar-refractivity contribution is 0.238. The van der Waals surface area contributed by atoms with E-state index in [0.29, 0.717) is 5.56 Å². The van der Waals surface area contributed by atoms with Crippen LogP contribution in [0.25, 0.3) is 0 Å². The van der Waals surface area contributed by atoms with Crippen molar-refractivity contribution < 1.29 is 5.11 Å². The molecule has 0 aliphatic heterocycles. The Balaban J connectivity index is 3.14. The third kappa shape index (κ3) is 3.46. The largest absolute Gasteiger partial charge is 0.376 e. The zero-order valence-corrected chi connectivity index (χ0v) is 9.91. The van der Waals surface area contributed by atoms with Crippen molar-refractivity contribution in [2.24, 2.45) is 5.41 Å². The van der Waals surface area contributed by atoms with Gasteiger partial charge in [0.1, 0.15) is 6.10 Å². The highest BCUT2D eigenvalue weighted by molar-refractivity contribution is 5.44. The first-order valence-electron chi connectivity index (χ1n) is 5.20. The third-order valence-electron chi connectivity index (χ3n) is 1.99. The van der Waals surface area contributed by atoms with E-state index in [1.54, 1.807) is 6.07 Å². The molecule has 0 fully saturated rings. The van der Waals surface area contributed by atoms with Gasteiger partial charge in [0.15, 0.2) is 0 Å². The van der Waals surface area contributed by atoms with E-state index in [4.69, 9.17) is 6.42 Å². The number of hydrogen-bond acceptors (Lipinski definition) is 1. The molecule has 0 saturated heterocycles. The molecule has 0 bridgehead atoms. The van der Waals surface area contributed by atoms with Gasteiger partial charge < -0.3 is 5.11 Å². The number of benzene rings is 1. The van der Waals surface area contributed by atoms with Crippen molar-refractivity contribution in [1.29, 1.82) is 0 Å². The first-order chi connectivity index (χ1) is 7.44. The fraction of sp³-hybridized carbons (Fsp3) is 0.333. The number of hydrogen-bond donors (Lipinski definition) is 1. The Morgan fingerprint density at radius 1 is 1.25 bits per heavy atom. The van der Waals surface area contributed by atoms with E-state index in [1.807, 2.05) is 39.0 Å². The summed E-state index contributed by atoms with van der Waals surface area (Å²) in [6.07, 6.45) is 4.32. The zero-order chi connectivity index (χ0) is 12.2. The summed E-state index contributed by atoms with van der Waals surface area (Å²) in [4.78, 5) is 0. The molecule has 0 aromatic heterocycles. The second-order valence-corrected chi connectivity index (χ2v) is 4.66. The highest BCUT2D eigenvalue weighted by Gasteiger charge is 2.08. The van der Waals surface area contributed by atoms with Crippen LogP contribution in [0.4, 0.5) is 0 Å².